The quantitative estimate of drug-likeness (QED) is 0.329. The van der Waals surface area contributed by atoms with E-state index in [0.29, 0.717) is 29.1 Å². The molecule has 0 unspecified atom stereocenters. The Labute approximate surface area is 224 Å². The molecule has 5 rings (SSSR count). The topological polar surface area (TPSA) is 104 Å². The molecule has 0 aliphatic carbocycles. The lowest BCUT2D eigenvalue weighted by Crippen LogP contribution is -2.34. The molecule has 0 radical (unpaired) electrons. The first kappa shape index (κ1) is 25.9. The van der Waals surface area contributed by atoms with Gasteiger partial charge in [0.05, 0.1) is 22.7 Å². The standard InChI is InChI=1S/C27H24ClFN4O4S/c1-16(34)31-24-5-4-19(14-23(24)28)38(35,36)33-11-8-17(9-12-33)25-15-22-20(7-10-30-27(22)32-25)21-13-18(29)3-6-26(21)37-2/h3-8,10,13-15H,9,11-12H2,1-2H3,(H,30,32)(H,31,34). The molecule has 0 fully saturated rings. The molecule has 4 aromatic rings. The molecule has 8 nitrogen and oxygen atoms in total. The predicted octanol–water partition coefficient (Wildman–Crippen LogP) is 5.47. The number of H-pyrrole nitrogens is 1. The van der Waals surface area contributed by atoms with E-state index in [1.54, 1.807) is 12.3 Å². The van der Waals surface area contributed by atoms with Gasteiger partial charge in [0, 0.05) is 42.9 Å². The lowest BCUT2D eigenvalue weighted by molar-refractivity contribution is -0.114. The lowest BCUT2D eigenvalue weighted by atomic mass is 10.0. The van der Waals surface area contributed by atoms with Crippen molar-refractivity contribution < 1.29 is 22.3 Å². The summed E-state index contributed by atoms with van der Waals surface area (Å²) in [5, 5.41) is 3.51. The molecule has 1 amide bonds. The van der Waals surface area contributed by atoms with Gasteiger partial charge >= 0.3 is 0 Å². The van der Waals surface area contributed by atoms with Crippen molar-refractivity contribution in [1.29, 1.82) is 0 Å². The number of carbonyl (C=O) groups excluding carboxylic acids is 1. The monoisotopic (exact) mass is 554 g/mol. The van der Waals surface area contributed by atoms with Crippen molar-refractivity contribution in [2.75, 3.05) is 25.5 Å². The molecule has 0 atom stereocenters. The van der Waals surface area contributed by atoms with E-state index in [1.807, 2.05) is 18.2 Å². The average Bonchev–Trinajstić information content (AvgIpc) is 3.34. The summed E-state index contributed by atoms with van der Waals surface area (Å²) in [5.41, 5.74) is 4.13. The number of aromatic amines is 1. The molecule has 2 N–H and O–H groups in total. The highest BCUT2D eigenvalue weighted by Crippen LogP contribution is 2.37. The summed E-state index contributed by atoms with van der Waals surface area (Å²) < 4.78 is 47.3. The van der Waals surface area contributed by atoms with Gasteiger partial charge < -0.3 is 15.0 Å². The maximum atomic E-state index is 14.0. The highest BCUT2D eigenvalue weighted by atomic mass is 35.5. The Hall–Kier alpha value is -3.73. The number of aromatic nitrogens is 2. The molecule has 0 saturated carbocycles. The maximum absolute atomic E-state index is 14.0. The number of carbonyl (C=O) groups is 1. The second-order valence-electron chi connectivity index (χ2n) is 8.81. The van der Waals surface area contributed by atoms with E-state index >= 15 is 0 Å². The number of methoxy groups -OCH3 is 1. The van der Waals surface area contributed by atoms with Crippen LogP contribution in [0.5, 0.6) is 5.75 Å². The van der Waals surface area contributed by atoms with Crippen LogP contribution in [-0.4, -0.2) is 48.8 Å². The highest BCUT2D eigenvalue weighted by molar-refractivity contribution is 7.89. The van der Waals surface area contributed by atoms with Crippen LogP contribution in [-0.2, 0) is 14.8 Å². The molecule has 1 aliphatic rings. The van der Waals surface area contributed by atoms with E-state index in [2.05, 4.69) is 15.3 Å². The fraction of sp³-hybridized carbons (Fsp3) is 0.185. The fourth-order valence-electron chi connectivity index (χ4n) is 4.54. The normalized spacial score (nSPS) is 14.4. The first-order valence-corrected chi connectivity index (χ1v) is 13.6. The van der Waals surface area contributed by atoms with Crippen LogP contribution in [0.2, 0.25) is 5.02 Å². The van der Waals surface area contributed by atoms with Crippen molar-refractivity contribution in [2.24, 2.45) is 0 Å². The molecule has 0 bridgehead atoms. The second-order valence-corrected chi connectivity index (χ2v) is 11.2. The molecule has 196 valence electrons. The Morgan fingerprint density at radius 3 is 2.66 bits per heavy atom. The zero-order valence-electron chi connectivity index (χ0n) is 20.6. The van der Waals surface area contributed by atoms with Gasteiger partial charge in [-0.25, -0.2) is 17.8 Å². The number of nitrogens with one attached hydrogen (secondary N) is 2. The molecule has 0 spiro atoms. The Morgan fingerprint density at radius 1 is 1.16 bits per heavy atom. The van der Waals surface area contributed by atoms with E-state index in [0.717, 1.165) is 22.2 Å². The first-order chi connectivity index (χ1) is 18.2. The van der Waals surface area contributed by atoms with Crippen molar-refractivity contribution in [2.45, 2.75) is 18.2 Å². The smallest absolute Gasteiger partial charge is 0.243 e. The number of ether oxygens (including phenoxy) is 1. The van der Waals surface area contributed by atoms with Crippen LogP contribution in [0.4, 0.5) is 10.1 Å². The van der Waals surface area contributed by atoms with Crippen LogP contribution >= 0.6 is 11.6 Å². The van der Waals surface area contributed by atoms with Gasteiger partial charge in [-0.15, -0.1) is 0 Å². The number of anilines is 1. The van der Waals surface area contributed by atoms with Crippen LogP contribution in [0, 0.1) is 5.82 Å². The van der Waals surface area contributed by atoms with Gasteiger partial charge in [-0.05, 0) is 66.1 Å². The summed E-state index contributed by atoms with van der Waals surface area (Å²) >= 11 is 6.20. The van der Waals surface area contributed by atoms with E-state index in [9.17, 15) is 17.6 Å². The Morgan fingerprint density at radius 2 is 1.97 bits per heavy atom. The Balaban J connectivity index is 1.42. The Kier molecular flexibility index (Phi) is 6.95. The van der Waals surface area contributed by atoms with E-state index in [4.69, 9.17) is 16.3 Å². The number of hydrogen-bond acceptors (Lipinski definition) is 5. The summed E-state index contributed by atoms with van der Waals surface area (Å²) in [6.45, 7) is 1.80. The van der Waals surface area contributed by atoms with Gasteiger partial charge in [0.25, 0.3) is 0 Å². The molecule has 0 saturated heterocycles. The summed E-state index contributed by atoms with van der Waals surface area (Å²) in [7, 11) is -2.26. The number of amides is 1. The van der Waals surface area contributed by atoms with E-state index in [-0.39, 0.29) is 34.7 Å². The second kappa shape index (κ2) is 10.2. The van der Waals surface area contributed by atoms with E-state index in [1.165, 1.54) is 48.7 Å². The number of fused-ring (bicyclic) bond motifs is 1. The number of halogens is 2. The predicted molar refractivity (Wildman–Crippen MR) is 145 cm³/mol. The number of rotatable bonds is 6. The van der Waals surface area contributed by atoms with Crippen molar-refractivity contribution in [3.63, 3.8) is 0 Å². The first-order valence-electron chi connectivity index (χ1n) is 11.8. The molecule has 3 heterocycles. The highest BCUT2D eigenvalue weighted by Gasteiger charge is 2.27. The fourth-order valence-corrected chi connectivity index (χ4v) is 6.24. The number of hydrogen-bond donors (Lipinski definition) is 2. The molecular weight excluding hydrogens is 531 g/mol. The maximum Gasteiger partial charge on any atom is 0.243 e. The number of benzene rings is 2. The summed E-state index contributed by atoms with van der Waals surface area (Å²) in [6.07, 6.45) is 3.98. The molecule has 2 aromatic heterocycles. The van der Waals surface area contributed by atoms with Crippen LogP contribution < -0.4 is 10.1 Å². The van der Waals surface area contributed by atoms with Gasteiger partial charge in [-0.3, -0.25) is 4.79 Å². The molecular formula is C27H24ClFN4O4S. The molecule has 38 heavy (non-hydrogen) atoms. The van der Waals surface area contributed by atoms with Gasteiger partial charge in [0.15, 0.2) is 0 Å². The SMILES string of the molecule is COc1ccc(F)cc1-c1ccnc2[nH]c(C3=CCN(S(=O)(=O)c4ccc(NC(C)=O)c(Cl)c4)CC3)cc12. The van der Waals surface area contributed by atoms with Crippen LogP contribution in [0.15, 0.2) is 65.7 Å². The number of sulfonamides is 1. The summed E-state index contributed by atoms with van der Waals surface area (Å²) in [6, 6.07) is 12.4. The number of nitrogens with zero attached hydrogens (tertiary/aromatic N) is 2. The van der Waals surface area contributed by atoms with E-state index < -0.39 is 10.0 Å². The summed E-state index contributed by atoms with van der Waals surface area (Å²) in [4.78, 5) is 19.1. The van der Waals surface area contributed by atoms with Crippen molar-refractivity contribution in [1.82, 2.24) is 14.3 Å². The minimum atomic E-state index is -3.79. The van der Waals surface area contributed by atoms with Crippen molar-refractivity contribution in [3.8, 4) is 16.9 Å². The molecule has 11 heteroatoms. The minimum Gasteiger partial charge on any atom is -0.496 e. The van der Waals surface area contributed by atoms with Crippen LogP contribution in [0.25, 0.3) is 27.7 Å². The van der Waals surface area contributed by atoms with Gasteiger partial charge in [-0.2, -0.15) is 4.31 Å². The van der Waals surface area contributed by atoms with Crippen LogP contribution in [0.1, 0.15) is 19.0 Å². The van der Waals surface area contributed by atoms with Crippen molar-refractivity contribution in [3.05, 3.63) is 77.3 Å². The minimum absolute atomic E-state index is 0.0527. The largest absolute Gasteiger partial charge is 0.496 e. The van der Waals surface area contributed by atoms with Crippen molar-refractivity contribution >= 4 is 49.8 Å². The lowest BCUT2D eigenvalue weighted by Gasteiger charge is -2.25. The third-order valence-electron chi connectivity index (χ3n) is 6.39. The molecule has 1 aliphatic heterocycles. The van der Waals surface area contributed by atoms with Gasteiger partial charge in [0.2, 0.25) is 15.9 Å². The Bertz CT molecular complexity index is 1700. The average molecular weight is 555 g/mol. The number of pyridine rings is 1. The van der Waals surface area contributed by atoms with Crippen LogP contribution in [0.3, 0.4) is 0 Å². The summed E-state index contributed by atoms with van der Waals surface area (Å²) in [5.74, 6) is -0.126. The van der Waals surface area contributed by atoms with Gasteiger partial charge in [-0.1, -0.05) is 17.7 Å². The zero-order valence-corrected chi connectivity index (χ0v) is 22.2. The third-order valence-corrected chi connectivity index (χ3v) is 8.56. The van der Waals surface area contributed by atoms with Gasteiger partial charge in [0.1, 0.15) is 17.2 Å². The zero-order chi connectivity index (χ0) is 27.0. The third kappa shape index (κ3) is 4.90. The molecule has 2 aromatic carbocycles.